The fourth-order valence-electron chi connectivity index (χ4n) is 1.89. The van der Waals surface area contributed by atoms with Crippen LogP contribution in [-0.4, -0.2) is 26.0 Å². The lowest BCUT2D eigenvalue weighted by atomic mass is 10.2. The van der Waals surface area contributed by atoms with Gasteiger partial charge in [0.2, 0.25) is 10.0 Å². The van der Waals surface area contributed by atoms with Crippen LogP contribution in [0.3, 0.4) is 0 Å². The summed E-state index contributed by atoms with van der Waals surface area (Å²) >= 11 is 2.99. The van der Waals surface area contributed by atoms with Gasteiger partial charge in [0.1, 0.15) is 4.90 Å². The molecule has 0 bridgehead atoms. The van der Waals surface area contributed by atoms with E-state index in [-0.39, 0.29) is 16.9 Å². The van der Waals surface area contributed by atoms with Gasteiger partial charge in [-0.25, -0.2) is 22.3 Å². The number of halogens is 2. The lowest BCUT2D eigenvalue weighted by Gasteiger charge is -2.09. The monoisotopic (exact) mass is 365 g/mol. The zero-order chi connectivity index (χ0) is 15.1. The van der Waals surface area contributed by atoms with Crippen LogP contribution < -0.4 is 4.72 Å². The van der Waals surface area contributed by atoms with Gasteiger partial charge in [-0.3, -0.25) is 0 Å². The average molecular weight is 366 g/mol. The Kier molecular flexibility index (Phi) is 4.17. The van der Waals surface area contributed by atoms with Crippen LogP contribution in [0.1, 0.15) is 23.7 Å². The Bertz CT molecular complexity index is 662. The van der Waals surface area contributed by atoms with E-state index in [4.69, 9.17) is 5.11 Å². The van der Waals surface area contributed by atoms with Crippen LogP contribution in [-0.2, 0) is 10.0 Å². The van der Waals surface area contributed by atoms with E-state index >= 15 is 0 Å². The third-order valence-corrected chi connectivity index (χ3v) is 5.22. The van der Waals surface area contributed by atoms with Gasteiger partial charge in [-0.05, 0) is 30.4 Å². The molecule has 0 radical (unpaired) electrons. The Hall–Kier alpha value is -0.990. The van der Waals surface area contributed by atoms with Crippen molar-refractivity contribution in [1.29, 1.82) is 0 Å². The number of rotatable bonds is 5. The lowest BCUT2D eigenvalue weighted by molar-refractivity contribution is 0.0691. The molecule has 1 aliphatic carbocycles. The number of carboxylic acid groups (broad SMARTS) is 1. The number of hydrogen-bond donors (Lipinski definition) is 2. The molecular weight excluding hydrogens is 353 g/mol. The number of sulfonamides is 1. The van der Waals surface area contributed by atoms with E-state index in [1.807, 2.05) is 6.92 Å². The van der Waals surface area contributed by atoms with Gasteiger partial charge >= 0.3 is 5.97 Å². The van der Waals surface area contributed by atoms with Gasteiger partial charge in [0.15, 0.2) is 5.82 Å². The van der Waals surface area contributed by atoms with Crippen molar-refractivity contribution in [2.45, 2.75) is 18.2 Å². The summed E-state index contributed by atoms with van der Waals surface area (Å²) in [5.74, 6) is -2.05. The standard InChI is InChI=1S/C12H13BrFNO4S/c1-6-2-7(6)5-15-20(18,19)10-4-8(13)3-9(11(10)14)12(16)17/h3-4,6-7,15H,2,5H2,1H3,(H,16,17). The van der Waals surface area contributed by atoms with E-state index in [0.29, 0.717) is 5.92 Å². The smallest absolute Gasteiger partial charge is 0.338 e. The summed E-state index contributed by atoms with van der Waals surface area (Å²) in [5.41, 5.74) is -0.681. The quantitative estimate of drug-likeness (QED) is 0.837. The highest BCUT2D eigenvalue weighted by molar-refractivity contribution is 9.10. The molecular formula is C12H13BrFNO4S. The predicted molar refractivity (Wildman–Crippen MR) is 73.5 cm³/mol. The van der Waals surface area contributed by atoms with Crippen molar-refractivity contribution in [3.05, 3.63) is 28.0 Å². The highest BCUT2D eigenvalue weighted by Gasteiger charge is 2.34. The molecule has 0 heterocycles. The molecule has 1 aromatic rings. The van der Waals surface area contributed by atoms with Crippen molar-refractivity contribution in [3.63, 3.8) is 0 Å². The Morgan fingerprint density at radius 3 is 2.65 bits per heavy atom. The second-order valence-electron chi connectivity index (χ2n) is 4.90. The molecule has 1 aliphatic rings. The molecule has 110 valence electrons. The third kappa shape index (κ3) is 3.18. The number of hydrogen-bond acceptors (Lipinski definition) is 3. The highest BCUT2D eigenvalue weighted by atomic mass is 79.9. The first-order valence-electron chi connectivity index (χ1n) is 5.94. The van der Waals surface area contributed by atoms with E-state index in [9.17, 15) is 17.6 Å². The van der Waals surface area contributed by atoms with E-state index < -0.39 is 32.3 Å². The summed E-state index contributed by atoms with van der Waals surface area (Å²) in [4.78, 5) is 10.2. The maximum atomic E-state index is 14.0. The summed E-state index contributed by atoms with van der Waals surface area (Å²) in [7, 11) is -4.07. The molecule has 2 N–H and O–H groups in total. The summed E-state index contributed by atoms with van der Waals surface area (Å²) in [6.07, 6.45) is 0.934. The Morgan fingerprint density at radius 2 is 2.15 bits per heavy atom. The SMILES string of the molecule is CC1CC1CNS(=O)(=O)c1cc(Br)cc(C(=O)O)c1F. The number of carbonyl (C=O) groups is 1. The Morgan fingerprint density at radius 1 is 1.55 bits per heavy atom. The van der Waals surface area contributed by atoms with Crippen LogP contribution in [0, 0.1) is 17.7 Å². The van der Waals surface area contributed by atoms with Gasteiger partial charge in [-0.1, -0.05) is 22.9 Å². The number of benzene rings is 1. The zero-order valence-electron chi connectivity index (χ0n) is 10.6. The number of nitrogens with one attached hydrogen (secondary N) is 1. The van der Waals surface area contributed by atoms with Gasteiger partial charge in [0.25, 0.3) is 0 Å². The van der Waals surface area contributed by atoms with Crippen molar-refractivity contribution in [3.8, 4) is 0 Å². The first-order valence-corrected chi connectivity index (χ1v) is 8.22. The van der Waals surface area contributed by atoms with Crippen molar-refractivity contribution in [1.82, 2.24) is 4.72 Å². The van der Waals surface area contributed by atoms with Crippen LogP contribution in [0.15, 0.2) is 21.5 Å². The molecule has 20 heavy (non-hydrogen) atoms. The van der Waals surface area contributed by atoms with Gasteiger partial charge in [0.05, 0.1) is 5.56 Å². The van der Waals surface area contributed by atoms with Gasteiger partial charge in [-0.15, -0.1) is 0 Å². The normalized spacial score (nSPS) is 21.8. The molecule has 1 aromatic carbocycles. The topological polar surface area (TPSA) is 83.5 Å². The van der Waals surface area contributed by atoms with Crippen LogP contribution in [0.5, 0.6) is 0 Å². The molecule has 0 spiro atoms. The third-order valence-electron chi connectivity index (χ3n) is 3.34. The van der Waals surface area contributed by atoms with Crippen LogP contribution in [0.25, 0.3) is 0 Å². The van der Waals surface area contributed by atoms with Crippen molar-refractivity contribution in [2.24, 2.45) is 11.8 Å². The summed E-state index contributed by atoms with van der Waals surface area (Å²) in [6, 6.07) is 2.08. The Balaban J connectivity index is 2.33. The summed E-state index contributed by atoms with van der Waals surface area (Å²) in [6.45, 7) is 2.24. The van der Waals surface area contributed by atoms with E-state index in [1.54, 1.807) is 0 Å². The van der Waals surface area contributed by atoms with Crippen LogP contribution in [0.4, 0.5) is 4.39 Å². The van der Waals surface area contributed by atoms with Gasteiger partial charge in [0, 0.05) is 11.0 Å². The maximum Gasteiger partial charge on any atom is 0.338 e. The molecule has 5 nitrogen and oxygen atoms in total. The minimum Gasteiger partial charge on any atom is -0.478 e. The minimum absolute atomic E-state index is 0.191. The molecule has 1 saturated carbocycles. The van der Waals surface area contributed by atoms with Crippen molar-refractivity contribution in [2.75, 3.05) is 6.54 Å². The number of aromatic carboxylic acids is 1. The van der Waals surface area contributed by atoms with Crippen LogP contribution in [0.2, 0.25) is 0 Å². The van der Waals surface area contributed by atoms with E-state index in [2.05, 4.69) is 20.7 Å². The average Bonchev–Trinajstić information content (AvgIpc) is 3.05. The fourth-order valence-corrected chi connectivity index (χ4v) is 3.72. The fraction of sp³-hybridized carbons (Fsp3) is 0.417. The molecule has 0 amide bonds. The second kappa shape index (κ2) is 5.42. The predicted octanol–water partition coefficient (Wildman–Crippen LogP) is 2.22. The van der Waals surface area contributed by atoms with E-state index in [1.165, 1.54) is 0 Å². The largest absolute Gasteiger partial charge is 0.478 e. The van der Waals surface area contributed by atoms with E-state index in [0.717, 1.165) is 18.6 Å². The molecule has 8 heteroatoms. The second-order valence-corrected chi connectivity index (χ2v) is 7.55. The molecule has 2 unspecified atom stereocenters. The maximum absolute atomic E-state index is 14.0. The molecule has 0 aromatic heterocycles. The van der Waals surface area contributed by atoms with Crippen LogP contribution >= 0.6 is 15.9 Å². The lowest BCUT2D eigenvalue weighted by Crippen LogP contribution is -2.27. The number of carboxylic acids is 1. The van der Waals surface area contributed by atoms with Gasteiger partial charge in [-0.2, -0.15) is 0 Å². The summed E-state index contributed by atoms with van der Waals surface area (Å²) in [5, 5.41) is 8.87. The Labute approximate surface area is 124 Å². The molecule has 2 atom stereocenters. The first kappa shape index (κ1) is 15.4. The minimum atomic E-state index is -4.07. The zero-order valence-corrected chi connectivity index (χ0v) is 13.0. The highest BCUT2D eigenvalue weighted by Crippen LogP contribution is 2.37. The first-order chi connectivity index (χ1) is 9.22. The van der Waals surface area contributed by atoms with Crippen molar-refractivity contribution < 1.29 is 22.7 Å². The van der Waals surface area contributed by atoms with Gasteiger partial charge < -0.3 is 5.11 Å². The molecule has 1 fully saturated rings. The summed E-state index contributed by atoms with van der Waals surface area (Å²) < 4.78 is 40.6. The molecule has 2 rings (SSSR count). The van der Waals surface area contributed by atoms with Crippen molar-refractivity contribution >= 4 is 31.9 Å². The molecule has 0 aliphatic heterocycles. The molecule has 0 saturated heterocycles.